The molecule has 1 amide bonds. The van der Waals surface area contributed by atoms with Crippen molar-refractivity contribution in [1.82, 2.24) is 5.32 Å². The first-order valence-electron chi connectivity index (χ1n) is 7.49. The summed E-state index contributed by atoms with van der Waals surface area (Å²) < 4.78 is 11.3. The number of amides is 1. The third-order valence-corrected chi connectivity index (χ3v) is 2.94. The number of nitrogens with one attached hydrogen (secondary N) is 1. The summed E-state index contributed by atoms with van der Waals surface area (Å²) in [5.74, 6) is -0.188. The second kappa shape index (κ2) is 7.90. The van der Waals surface area contributed by atoms with Gasteiger partial charge in [-0.15, -0.1) is 0 Å². The topological polar surface area (TPSA) is 64.6 Å². The maximum Gasteiger partial charge on any atom is 0.246 e. The van der Waals surface area contributed by atoms with Crippen molar-refractivity contribution >= 4 is 11.7 Å². The summed E-state index contributed by atoms with van der Waals surface area (Å²) in [7, 11) is 0. The monoisotopic (exact) mass is 301 g/mol. The van der Waals surface area contributed by atoms with E-state index in [1.54, 1.807) is 13.8 Å². The van der Waals surface area contributed by atoms with Gasteiger partial charge in [0.25, 0.3) is 0 Å². The highest BCUT2D eigenvalue weighted by atomic mass is 16.6. The fourth-order valence-electron chi connectivity index (χ4n) is 1.79. The molecule has 21 heavy (non-hydrogen) atoms. The minimum Gasteiger partial charge on any atom is -0.365 e. The van der Waals surface area contributed by atoms with Crippen molar-refractivity contribution < 1.29 is 19.1 Å². The van der Waals surface area contributed by atoms with Crippen LogP contribution in [-0.4, -0.2) is 42.1 Å². The van der Waals surface area contributed by atoms with Gasteiger partial charge in [-0.1, -0.05) is 13.8 Å². The number of Topliss-reactive ketones (excluding diaryl/α,β-unsaturated/α-hetero) is 1. The van der Waals surface area contributed by atoms with Gasteiger partial charge in [-0.25, -0.2) is 0 Å². The number of hydrogen-bond donors (Lipinski definition) is 1. The van der Waals surface area contributed by atoms with Crippen LogP contribution in [0.15, 0.2) is 0 Å². The van der Waals surface area contributed by atoms with Gasteiger partial charge in [0.05, 0.1) is 12.2 Å². The van der Waals surface area contributed by atoms with Gasteiger partial charge in [0.2, 0.25) is 5.91 Å². The lowest BCUT2D eigenvalue weighted by Crippen LogP contribution is -2.44. The van der Waals surface area contributed by atoms with Crippen LogP contribution < -0.4 is 5.32 Å². The summed E-state index contributed by atoms with van der Waals surface area (Å²) in [6.07, 6.45) is 0. The van der Waals surface area contributed by atoms with E-state index in [-0.39, 0.29) is 36.9 Å². The molecule has 0 aliphatic heterocycles. The predicted molar refractivity (Wildman–Crippen MR) is 83.2 cm³/mol. The Hall–Kier alpha value is -0.940. The second-order valence-corrected chi connectivity index (χ2v) is 7.09. The van der Waals surface area contributed by atoms with Crippen molar-refractivity contribution in [2.45, 2.75) is 72.6 Å². The van der Waals surface area contributed by atoms with Gasteiger partial charge in [-0.05, 0) is 41.5 Å². The van der Waals surface area contributed by atoms with Crippen molar-refractivity contribution in [3.63, 3.8) is 0 Å². The van der Waals surface area contributed by atoms with Gasteiger partial charge in [0.15, 0.2) is 5.78 Å². The van der Waals surface area contributed by atoms with Crippen LogP contribution in [-0.2, 0) is 19.1 Å². The first kappa shape index (κ1) is 20.1. The molecule has 5 heteroatoms. The van der Waals surface area contributed by atoms with Crippen LogP contribution in [0.1, 0.15) is 55.4 Å². The Morgan fingerprint density at radius 3 is 1.95 bits per heavy atom. The van der Waals surface area contributed by atoms with Crippen molar-refractivity contribution in [2.75, 3.05) is 13.2 Å². The van der Waals surface area contributed by atoms with E-state index in [4.69, 9.17) is 9.47 Å². The van der Waals surface area contributed by atoms with E-state index in [2.05, 4.69) is 5.32 Å². The molecule has 0 aliphatic rings. The Labute approximate surface area is 128 Å². The highest BCUT2D eigenvalue weighted by molar-refractivity contribution is 5.88. The molecule has 0 saturated carbocycles. The van der Waals surface area contributed by atoms with Crippen molar-refractivity contribution in [1.29, 1.82) is 0 Å². The fraction of sp³-hybridized carbons (Fsp3) is 0.875. The first-order chi connectivity index (χ1) is 9.37. The van der Waals surface area contributed by atoms with E-state index in [9.17, 15) is 9.59 Å². The van der Waals surface area contributed by atoms with E-state index in [0.717, 1.165) is 0 Å². The Morgan fingerprint density at radius 1 is 1.00 bits per heavy atom. The normalized spacial score (nSPS) is 12.9. The van der Waals surface area contributed by atoms with E-state index < -0.39 is 11.2 Å². The molecule has 5 nitrogen and oxygen atoms in total. The second-order valence-electron chi connectivity index (χ2n) is 7.09. The summed E-state index contributed by atoms with van der Waals surface area (Å²) in [6.45, 7) is 14.9. The van der Waals surface area contributed by atoms with Crippen molar-refractivity contribution in [2.24, 2.45) is 5.92 Å². The molecule has 0 aliphatic carbocycles. The van der Waals surface area contributed by atoms with Crippen molar-refractivity contribution in [3.8, 4) is 0 Å². The van der Waals surface area contributed by atoms with E-state index in [0.29, 0.717) is 0 Å². The fourth-order valence-corrected chi connectivity index (χ4v) is 1.79. The van der Waals surface area contributed by atoms with Gasteiger partial charge in [-0.3, -0.25) is 9.59 Å². The molecule has 0 aromatic rings. The lowest BCUT2D eigenvalue weighted by atomic mass is 9.94. The number of rotatable bonds is 9. The van der Waals surface area contributed by atoms with Crippen LogP contribution in [0.5, 0.6) is 0 Å². The Morgan fingerprint density at radius 2 is 1.52 bits per heavy atom. The Kier molecular flexibility index (Phi) is 7.54. The molecular weight excluding hydrogens is 270 g/mol. The lowest BCUT2D eigenvalue weighted by molar-refractivity contribution is -0.159. The van der Waals surface area contributed by atoms with Gasteiger partial charge in [-0.2, -0.15) is 0 Å². The van der Waals surface area contributed by atoms with E-state index in [1.807, 2.05) is 41.5 Å². The highest BCUT2D eigenvalue weighted by Gasteiger charge is 2.33. The number of carbonyl (C=O) groups excluding carboxylic acids is 2. The predicted octanol–water partition coefficient (Wildman–Crippen LogP) is 2.33. The number of hydrogen-bond acceptors (Lipinski definition) is 4. The summed E-state index contributed by atoms with van der Waals surface area (Å²) in [4.78, 5) is 23.6. The third kappa shape index (κ3) is 8.17. The van der Waals surface area contributed by atoms with E-state index >= 15 is 0 Å². The summed E-state index contributed by atoms with van der Waals surface area (Å²) in [5, 5.41) is 2.76. The average molecular weight is 301 g/mol. The maximum atomic E-state index is 12.0. The van der Waals surface area contributed by atoms with Crippen LogP contribution in [0, 0.1) is 5.92 Å². The molecule has 0 fully saturated rings. The van der Waals surface area contributed by atoms with E-state index in [1.165, 1.54) is 0 Å². The van der Waals surface area contributed by atoms with Gasteiger partial charge in [0.1, 0.15) is 12.2 Å². The quantitative estimate of drug-likeness (QED) is 0.710. The standard InChI is InChI=1S/C16H31NO4/c1-11(2)14(19)16(7,8)21-10-15(5,6)20-9-13(18)17-12(3)4/h11-12H,9-10H2,1-8H3,(H,17,18). The largest absolute Gasteiger partial charge is 0.365 e. The molecule has 1 N–H and O–H groups in total. The van der Waals surface area contributed by atoms with Crippen LogP contribution in [0.2, 0.25) is 0 Å². The number of ketones is 1. The molecule has 0 unspecified atom stereocenters. The van der Waals surface area contributed by atoms with Gasteiger partial charge in [0, 0.05) is 12.0 Å². The third-order valence-electron chi connectivity index (χ3n) is 2.94. The SMILES string of the molecule is CC(C)NC(=O)COC(C)(C)COC(C)(C)C(=O)C(C)C. The molecule has 0 atom stereocenters. The van der Waals surface area contributed by atoms with Crippen LogP contribution in [0.25, 0.3) is 0 Å². The van der Waals surface area contributed by atoms with Crippen molar-refractivity contribution in [3.05, 3.63) is 0 Å². The molecule has 0 rings (SSSR count). The summed E-state index contributed by atoms with van der Waals surface area (Å²) >= 11 is 0. The van der Waals surface area contributed by atoms with Crippen LogP contribution >= 0.6 is 0 Å². The Balaban J connectivity index is 4.36. The number of ether oxygens (including phenoxy) is 2. The molecule has 0 radical (unpaired) electrons. The zero-order valence-electron chi connectivity index (χ0n) is 14.7. The zero-order valence-corrected chi connectivity index (χ0v) is 14.7. The highest BCUT2D eigenvalue weighted by Crippen LogP contribution is 2.20. The maximum absolute atomic E-state index is 12.0. The molecule has 0 aromatic carbocycles. The molecule has 124 valence electrons. The molecule has 0 bridgehead atoms. The first-order valence-corrected chi connectivity index (χ1v) is 7.49. The summed E-state index contributed by atoms with van der Waals surface area (Å²) in [6, 6.07) is 0.0862. The molecule has 0 saturated heterocycles. The Bertz CT molecular complexity index is 359. The minimum atomic E-state index is -0.852. The van der Waals surface area contributed by atoms with Crippen LogP contribution in [0.4, 0.5) is 0 Å². The minimum absolute atomic E-state index is 0.0207. The average Bonchev–Trinajstić information content (AvgIpc) is 2.32. The van der Waals surface area contributed by atoms with Crippen LogP contribution in [0.3, 0.4) is 0 Å². The van der Waals surface area contributed by atoms with Gasteiger partial charge < -0.3 is 14.8 Å². The molecule has 0 spiro atoms. The zero-order chi connectivity index (χ0) is 16.8. The summed E-state index contributed by atoms with van der Waals surface area (Å²) in [5.41, 5.74) is -1.49. The van der Waals surface area contributed by atoms with Gasteiger partial charge >= 0.3 is 0 Å². The number of carbonyl (C=O) groups is 2. The smallest absolute Gasteiger partial charge is 0.246 e. The lowest BCUT2D eigenvalue weighted by Gasteiger charge is -2.32. The molecule has 0 heterocycles. The molecule has 0 aromatic heterocycles. The molecular formula is C16H31NO4.